The van der Waals surface area contributed by atoms with Crippen LogP contribution in [0.25, 0.3) is 6.08 Å². The van der Waals surface area contributed by atoms with Crippen molar-refractivity contribution in [2.75, 3.05) is 45.3 Å². The Balaban J connectivity index is 1.34. The van der Waals surface area contributed by atoms with Crippen molar-refractivity contribution in [1.82, 2.24) is 4.90 Å². The minimum Gasteiger partial charge on any atom is -0.507 e. The van der Waals surface area contributed by atoms with Crippen molar-refractivity contribution in [2.45, 2.75) is 6.54 Å². The predicted molar refractivity (Wildman–Crippen MR) is 134 cm³/mol. The monoisotopic (exact) mass is 490 g/mol. The SMILES string of the molecule is COc1ccc(/C=C2\Oc3c(ccc(O)c3CN3CCN(c4ccccc4F)CC3)C2=O)cc1OC. The van der Waals surface area contributed by atoms with Crippen molar-refractivity contribution in [3.8, 4) is 23.0 Å². The number of Topliss-reactive ketones (excluding diaryl/α,β-unsaturated/α-hetero) is 1. The Kier molecular flexibility index (Phi) is 6.52. The summed E-state index contributed by atoms with van der Waals surface area (Å²) in [5.74, 6) is 1.28. The van der Waals surface area contributed by atoms with Crippen LogP contribution in [0.1, 0.15) is 21.5 Å². The number of phenolic OH excluding ortho intramolecular Hbond substituents is 1. The molecule has 8 heteroatoms. The van der Waals surface area contributed by atoms with Crippen LogP contribution in [0.4, 0.5) is 10.1 Å². The Hall–Kier alpha value is -4.04. The van der Waals surface area contributed by atoms with Crippen LogP contribution >= 0.6 is 0 Å². The molecule has 0 radical (unpaired) electrons. The minimum absolute atomic E-state index is 0.0745. The van der Waals surface area contributed by atoms with Gasteiger partial charge < -0.3 is 24.2 Å². The molecule has 0 amide bonds. The molecule has 3 aromatic carbocycles. The summed E-state index contributed by atoms with van der Waals surface area (Å²) in [5.41, 5.74) is 2.30. The molecule has 0 saturated carbocycles. The summed E-state index contributed by atoms with van der Waals surface area (Å²) in [4.78, 5) is 17.3. The van der Waals surface area contributed by atoms with Gasteiger partial charge in [-0.1, -0.05) is 18.2 Å². The molecule has 2 heterocycles. The molecule has 2 aliphatic heterocycles. The second-order valence-corrected chi connectivity index (χ2v) is 8.71. The van der Waals surface area contributed by atoms with E-state index in [1.54, 1.807) is 56.7 Å². The Morgan fingerprint density at radius 3 is 2.47 bits per heavy atom. The van der Waals surface area contributed by atoms with E-state index in [4.69, 9.17) is 14.2 Å². The maximum atomic E-state index is 14.2. The molecule has 1 saturated heterocycles. The fourth-order valence-electron chi connectivity index (χ4n) is 4.62. The van der Waals surface area contributed by atoms with Crippen LogP contribution in [0.5, 0.6) is 23.0 Å². The van der Waals surface area contributed by atoms with Gasteiger partial charge in [0.05, 0.1) is 31.0 Å². The summed E-state index contributed by atoms with van der Waals surface area (Å²) >= 11 is 0. The average molecular weight is 491 g/mol. The Bertz CT molecular complexity index is 1330. The number of fused-ring (bicyclic) bond motifs is 1. The van der Waals surface area contributed by atoms with Crippen LogP contribution in [-0.4, -0.2) is 56.2 Å². The first kappa shape index (κ1) is 23.7. The molecule has 36 heavy (non-hydrogen) atoms. The van der Waals surface area contributed by atoms with E-state index >= 15 is 0 Å². The number of para-hydroxylation sites is 1. The largest absolute Gasteiger partial charge is 0.507 e. The topological polar surface area (TPSA) is 71.5 Å². The molecule has 7 nitrogen and oxygen atoms in total. The number of anilines is 1. The van der Waals surface area contributed by atoms with E-state index < -0.39 is 0 Å². The number of benzene rings is 3. The van der Waals surface area contributed by atoms with E-state index in [1.807, 2.05) is 11.0 Å². The quantitative estimate of drug-likeness (QED) is 0.511. The number of methoxy groups -OCH3 is 2. The smallest absolute Gasteiger partial charge is 0.231 e. The van der Waals surface area contributed by atoms with Gasteiger partial charge in [-0.05, 0) is 48.0 Å². The van der Waals surface area contributed by atoms with Crippen LogP contribution in [0.2, 0.25) is 0 Å². The third-order valence-electron chi connectivity index (χ3n) is 6.57. The number of aromatic hydroxyl groups is 1. The molecular weight excluding hydrogens is 463 g/mol. The van der Waals surface area contributed by atoms with E-state index in [0.29, 0.717) is 66.8 Å². The summed E-state index contributed by atoms with van der Waals surface area (Å²) in [6.07, 6.45) is 1.65. The lowest BCUT2D eigenvalue weighted by molar-refractivity contribution is 0.101. The van der Waals surface area contributed by atoms with E-state index in [2.05, 4.69) is 4.90 Å². The molecule has 1 N–H and O–H groups in total. The summed E-state index contributed by atoms with van der Waals surface area (Å²) in [6, 6.07) is 15.2. The zero-order valence-corrected chi connectivity index (χ0v) is 20.2. The number of ketones is 1. The lowest BCUT2D eigenvalue weighted by Gasteiger charge is -2.36. The first-order valence-corrected chi connectivity index (χ1v) is 11.7. The van der Waals surface area contributed by atoms with E-state index in [9.17, 15) is 14.3 Å². The zero-order chi connectivity index (χ0) is 25.2. The number of allylic oxidation sites excluding steroid dienone is 1. The summed E-state index contributed by atoms with van der Waals surface area (Å²) < 4.78 is 30.8. The van der Waals surface area contributed by atoms with Crippen molar-refractivity contribution in [3.05, 3.63) is 82.9 Å². The number of carbonyl (C=O) groups excluding carboxylic acids is 1. The van der Waals surface area contributed by atoms with Crippen molar-refractivity contribution in [1.29, 1.82) is 0 Å². The minimum atomic E-state index is -0.245. The lowest BCUT2D eigenvalue weighted by atomic mass is 10.0. The van der Waals surface area contributed by atoms with Gasteiger partial charge in [0, 0.05) is 32.7 Å². The second-order valence-electron chi connectivity index (χ2n) is 8.71. The van der Waals surface area contributed by atoms with Crippen LogP contribution < -0.4 is 19.1 Å². The lowest BCUT2D eigenvalue weighted by Crippen LogP contribution is -2.46. The highest BCUT2D eigenvalue weighted by Crippen LogP contribution is 2.40. The van der Waals surface area contributed by atoms with Gasteiger partial charge in [-0.25, -0.2) is 4.39 Å². The highest BCUT2D eigenvalue weighted by Gasteiger charge is 2.32. The van der Waals surface area contributed by atoms with Crippen molar-refractivity contribution in [2.24, 2.45) is 0 Å². The summed E-state index contributed by atoms with van der Waals surface area (Å²) in [7, 11) is 3.11. The second kappa shape index (κ2) is 9.91. The molecule has 0 atom stereocenters. The Morgan fingerprint density at radius 2 is 1.75 bits per heavy atom. The van der Waals surface area contributed by atoms with Gasteiger partial charge in [-0.2, -0.15) is 0 Å². The third kappa shape index (κ3) is 4.47. The van der Waals surface area contributed by atoms with Gasteiger partial charge in [0.25, 0.3) is 0 Å². The zero-order valence-electron chi connectivity index (χ0n) is 20.2. The number of hydrogen-bond acceptors (Lipinski definition) is 7. The van der Waals surface area contributed by atoms with E-state index in [1.165, 1.54) is 12.1 Å². The molecular formula is C28H27FN2O5. The molecule has 0 aliphatic carbocycles. The maximum Gasteiger partial charge on any atom is 0.231 e. The molecule has 0 bridgehead atoms. The number of nitrogens with zero attached hydrogens (tertiary/aromatic N) is 2. The normalized spacial score (nSPS) is 16.7. The number of rotatable bonds is 6. The molecule has 3 aromatic rings. The molecule has 0 spiro atoms. The molecule has 186 valence electrons. The average Bonchev–Trinajstić information content (AvgIpc) is 3.21. The Morgan fingerprint density at radius 1 is 1.00 bits per heavy atom. The number of halogens is 1. The number of carbonyl (C=O) groups is 1. The van der Waals surface area contributed by atoms with Gasteiger partial charge in [-0.15, -0.1) is 0 Å². The molecule has 5 rings (SSSR count). The molecule has 2 aliphatic rings. The third-order valence-corrected chi connectivity index (χ3v) is 6.57. The summed E-state index contributed by atoms with van der Waals surface area (Å²) in [6.45, 7) is 3.08. The fourth-order valence-corrected chi connectivity index (χ4v) is 4.62. The van der Waals surface area contributed by atoms with Gasteiger partial charge in [0.15, 0.2) is 17.3 Å². The molecule has 1 fully saturated rings. The first-order valence-electron chi connectivity index (χ1n) is 11.7. The van der Waals surface area contributed by atoms with Crippen molar-refractivity contribution >= 4 is 17.5 Å². The van der Waals surface area contributed by atoms with Gasteiger partial charge in [-0.3, -0.25) is 9.69 Å². The van der Waals surface area contributed by atoms with Crippen LogP contribution in [-0.2, 0) is 6.54 Å². The van der Waals surface area contributed by atoms with Gasteiger partial charge in [0.2, 0.25) is 5.78 Å². The molecule has 0 unspecified atom stereocenters. The van der Waals surface area contributed by atoms with Gasteiger partial charge in [0.1, 0.15) is 17.3 Å². The van der Waals surface area contributed by atoms with E-state index in [0.717, 1.165) is 5.56 Å². The van der Waals surface area contributed by atoms with Gasteiger partial charge >= 0.3 is 0 Å². The van der Waals surface area contributed by atoms with E-state index in [-0.39, 0.29) is 23.1 Å². The van der Waals surface area contributed by atoms with Crippen molar-refractivity contribution in [3.63, 3.8) is 0 Å². The van der Waals surface area contributed by atoms with Crippen LogP contribution in [0.15, 0.2) is 60.4 Å². The molecule has 0 aromatic heterocycles. The van der Waals surface area contributed by atoms with Crippen LogP contribution in [0.3, 0.4) is 0 Å². The number of hydrogen-bond donors (Lipinski definition) is 1. The highest BCUT2D eigenvalue weighted by atomic mass is 19.1. The number of ether oxygens (including phenoxy) is 3. The number of piperazine rings is 1. The van der Waals surface area contributed by atoms with Crippen molar-refractivity contribution < 1.29 is 28.5 Å². The van der Waals surface area contributed by atoms with Crippen LogP contribution in [0, 0.1) is 5.82 Å². The maximum absolute atomic E-state index is 14.2. The fraction of sp³-hybridized carbons (Fsp3) is 0.250. The predicted octanol–water partition coefficient (Wildman–Crippen LogP) is 4.49. The standard InChI is InChI=1S/C28H27FN2O5/c1-34-24-10-7-18(15-25(24)35-2)16-26-27(33)19-8-9-23(32)20(28(19)36-26)17-30-11-13-31(14-12-30)22-6-4-3-5-21(22)29/h3-10,15-16,32H,11-14,17H2,1-2H3/b26-16-. The highest BCUT2D eigenvalue weighted by molar-refractivity contribution is 6.15. The Labute approximate surface area is 208 Å². The first-order chi connectivity index (χ1) is 17.5. The number of phenols is 1. The summed E-state index contributed by atoms with van der Waals surface area (Å²) in [5, 5.41) is 10.6.